The van der Waals surface area contributed by atoms with E-state index in [1.165, 1.54) is 17.8 Å². The summed E-state index contributed by atoms with van der Waals surface area (Å²) in [6.45, 7) is 3.59. The van der Waals surface area contributed by atoms with Crippen LogP contribution in [0.2, 0.25) is 0 Å². The number of rotatable bonds is 5. The van der Waals surface area contributed by atoms with Gasteiger partial charge in [0, 0.05) is 6.61 Å². The van der Waals surface area contributed by atoms with Gasteiger partial charge in [-0.1, -0.05) is 13.3 Å². The second-order valence-corrected chi connectivity index (χ2v) is 3.16. The molecule has 4 heteroatoms. The van der Waals surface area contributed by atoms with Gasteiger partial charge in [0.25, 0.3) is 0 Å². The molecule has 0 aliphatic heterocycles. The van der Waals surface area contributed by atoms with Gasteiger partial charge < -0.3 is 4.74 Å². The summed E-state index contributed by atoms with van der Waals surface area (Å²) >= 11 is 1.53. The summed E-state index contributed by atoms with van der Waals surface area (Å²) in [5, 5.41) is 8.53. The van der Waals surface area contributed by atoms with E-state index in [1.807, 2.05) is 0 Å². The van der Waals surface area contributed by atoms with Gasteiger partial charge in [-0.3, -0.25) is 0 Å². The lowest BCUT2D eigenvalue weighted by Gasteiger charge is -1.97. The molecule has 62 valence electrons. The Labute approximate surface area is 70.4 Å². The molecule has 0 amide bonds. The third-order valence-electron chi connectivity index (χ3n) is 1.27. The second-order valence-electron chi connectivity index (χ2n) is 2.24. The van der Waals surface area contributed by atoms with Crippen LogP contribution in [0.4, 0.5) is 0 Å². The summed E-state index contributed by atoms with van der Waals surface area (Å²) in [5.41, 5.74) is 1.72. The summed E-state index contributed by atoms with van der Waals surface area (Å²) in [7, 11) is 0. The van der Waals surface area contributed by atoms with Crippen molar-refractivity contribution in [2.75, 3.05) is 6.61 Å². The fraction of sp³-hybridized carbons (Fsp3) is 0.714. The first-order valence-corrected chi connectivity index (χ1v) is 4.64. The van der Waals surface area contributed by atoms with Gasteiger partial charge in [0.05, 0.1) is 0 Å². The Morgan fingerprint density at radius 3 is 3.18 bits per heavy atom. The second kappa shape index (κ2) is 5.21. The highest BCUT2D eigenvalue weighted by Gasteiger charge is 1.94. The summed E-state index contributed by atoms with van der Waals surface area (Å²) in [6, 6.07) is 0. The molecule has 3 nitrogen and oxygen atoms in total. The van der Waals surface area contributed by atoms with Crippen LogP contribution >= 0.6 is 11.3 Å². The van der Waals surface area contributed by atoms with Crippen LogP contribution in [0.25, 0.3) is 0 Å². The fourth-order valence-electron chi connectivity index (χ4n) is 0.665. The molecule has 0 fully saturated rings. The van der Waals surface area contributed by atoms with Crippen molar-refractivity contribution in [1.82, 2.24) is 10.2 Å². The number of hydrogen-bond donors (Lipinski definition) is 0. The van der Waals surface area contributed by atoms with E-state index in [4.69, 9.17) is 4.74 Å². The highest BCUT2D eigenvalue weighted by molar-refractivity contribution is 7.09. The molecule has 1 aromatic rings. The third-order valence-corrected chi connectivity index (χ3v) is 1.94. The first-order valence-electron chi connectivity index (χ1n) is 3.76. The molecule has 1 aromatic heterocycles. The van der Waals surface area contributed by atoms with Crippen LogP contribution < -0.4 is 0 Å². The van der Waals surface area contributed by atoms with Gasteiger partial charge in [-0.2, -0.15) is 0 Å². The molecule has 11 heavy (non-hydrogen) atoms. The minimum Gasteiger partial charge on any atom is -0.374 e. The molecule has 1 heterocycles. The van der Waals surface area contributed by atoms with Gasteiger partial charge >= 0.3 is 0 Å². The van der Waals surface area contributed by atoms with Gasteiger partial charge in [-0.25, -0.2) is 0 Å². The van der Waals surface area contributed by atoms with Crippen molar-refractivity contribution in [3.05, 3.63) is 10.5 Å². The summed E-state index contributed by atoms with van der Waals surface area (Å²) in [5.74, 6) is 0. The quantitative estimate of drug-likeness (QED) is 0.636. The summed E-state index contributed by atoms with van der Waals surface area (Å²) in [4.78, 5) is 0. The standard InChI is InChI=1S/C7H12N2OS/c1-2-3-4-10-5-7-9-8-6-11-7/h6H,2-5H2,1H3. The normalized spacial score (nSPS) is 10.3. The van der Waals surface area contributed by atoms with Crippen LogP contribution in [0.3, 0.4) is 0 Å². The average Bonchev–Trinajstić information content (AvgIpc) is 2.50. The molecule has 0 atom stereocenters. The maximum Gasteiger partial charge on any atom is 0.143 e. The maximum absolute atomic E-state index is 5.33. The Bertz CT molecular complexity index is 177. The van der Waals surface area contributed by atoms with Gasteiger partial charge in [0.15, 0.2) is 0 Å². The Hall–Kier alpha value is -0.480. The van der Waals surface area contributed by atoms with Crippen LogP contribution in [0, 0.1) is 0 Å². The van der Waals surface area contributed by atoms with E-state index in [-0.39, 0.29) is 0 Å². The molecular formula is C7H12N2OS. The zero-order valence-corrected chi connectivity index (χ0v) is 7.43. The van der Waals surface area contributed by atoms with Crippen molar-refractivity contribution in [3.63, 3.8) is 0 Å². The van der Waals surface area contributed by atoms with E-state index in [0.29, 0.717) is 6.61 Å². The lowest BCUT2D eigenvalue weighted by atomic mass is 10.4. The largest absolute Gasteiger partial charge is 0.374 e. The van der Waals surface area contributed by atoms with Gasteiger partial charge in [0.2, 0.25) is 0 Å². The SMILES string of the molecule is CCCCOCc1nncs1. The Kier molecular flexibility index (Phi) is 4.08. The fourth-order valence-corrected chi connectivity index (χ4v) is 1.13. The van der Waals surface area contributed by atoms with Crippen molar-refractivity contribution in [1.29, 1.82) is 0 Å². The van der Waals surface area contributed by atoms with E-state index in [9.17, 15) is 0 Å². The molecule has 0 saturated heterocycles. The van der Waals surface area contributed by atoms with Crippen molar-refractivity contribution in [3.8, 4) is 0 Å². The van der Waals surface area contributed by atoms with Crippen LogP contribution in [-0.2, 0) is 11.3 Å². The predicted octanol–water partition coefficient (Wildman–Crippen LogP) is 1.85. The molecule has 0 aliphatic carbocycles. The Morgan fingerprint density at radius 1 is 1.64 bits per heavy atom. The summed E-state index contributed by atoms with van der Waals surface area (Å²) in [6.07, 6.45) is 2.30. The van der Waals surface area contributed by atoms with Gasteiger partial charge in [-0.15, -0.1) is 21.5 Å². The molecule has 0 radical (unpaired) electrons. The number of unbranched alkanes of at least 4 members (excludes halogenated alkanes) is 1. The highest BCUT2D eigenvalue weighted by atomic mass is 32.1. The van der Waals surface area contributed by atoms with Gasteiger partial charge in [-0.05, 0) is 6.42 Å². The number of hydrogen-bond acceptors (Lipinski definition) is 4. The zero-order chi connectivity index (χ0) is 7.94. The molecule has 0 unspecified atom stereocenters. The molecule has 0 saturated carbocycles. The number of nitrogens with zero attached hydrogens (tertiary/aromatic N) is 2. The van der Waals surface area contributed by atoms with Crippen LogP contribution in [0.15, 0.2) is 5.51 Å². The minimum atomic E-state index is 0.616. The zero-order valence-electron chi connectivity index (χ0n) is 6.62. The topological polar surface area (TPSA) is 35.0 Å². The number of ether oxygens (including phenoxy) is 1. The third kappa shape index (κ3) is 3.43. The van der Waals surface area contributed by atoms with E-state index in [1.54, 1.807) is 5.51 Å². The van der Waals surface area contributed by atoms with Crippen LogP contribution in [-0.4, -0.2) is 16.8 Å². The highest BCUT2D eigenvalue weighted by Crippen LogP contribution is 2.03. The molecular weight excluding hydrogens is 160 g/mol. The first-order chi connectivity index (χ1) is 5.43. The molecule has 0 bridgehead atoms. The predicted molar refractivity (Wildman–Crippen MR) is 44.5 cm³/mol. The van der Waals surface area contributed by atoms with Crippen LogP contribution in [0.1, 0.15) is 24.8 Å². The van der Waals surface area contributed by atoms with Gasteiger partial charge in [0.1, 0.15) is 17.1 Å². The van der Waals surface area contributed by atoms with E-state index in [2.05, 4.69) is 17.1 Å². The Morgan fingerprint density at radius 2 is 2.55 bits per heavy atom. The van der Waals surface area contributed by atoms with Crippen molar-refractivity contribution >= 4 is 11.3 Å². The Balaban J connectivity index is 2.04. The van der Waals surface area contributed by atoms with E-state index >= 15 is 0 Å². The van der Waals surface area contributed by atoms with E-state index in [0.717, 1.165) is 18.0 Å². The lowest BCUT2D eigenvalue weighted by Crippen LogP contribution is -1.94. The average molecular weight is 172 g/mol. The lowest BCUT2D eigenvalue weighted by molar-refractivity contribution is 0.117. The van der Waals surface area contributed by atoms with Crippen molar-refractivity contribution in [2.45, 2.75) is 26.4 Å². The van der Waals surface area contributed by atoms with Crippen LogP contribution in [0.5, 0.6) is 0 Å². The van der Waals surface area contributed by atoms with Crippen molar-refractivity contribution < 1.29 is 4.74 Å². The summed E-state index contributed by atoms with van der Waals surface area (Å²) < 4.78 is 5.33. The smallest absolute Gasteiger partial charge is 0.143 e. The molecule has 1 rings (SSSR count). The molecule has 0 aromatic carbocycles. The molecule has 0 N–H and O–H groups in total. The van der Waals surface area contributed by atoms with E-state index < -0.39 is 0 Å². The minimum absolute atomic E-state index is 0.616. The monoisotopic (exact) mass is 172 g/mol. The number of aromatic nitrogens is 2. The maximum atomic E-state index is 5.33. The molecule has 0 aliphatic rings. The first kappa shape index (κ1) is 8.62. The molecule has 0 spiro atoms. The van der Waals surface area contributed by atoms with Crippen molar-refractivity contribution in [2.24, 2.45) is 0 Å².